The highest BCUT2D eigenvalue weighted by molar-refractivity contribution is 6.35. The minimum atomic E-state index is 0.298. The fourth-order valence-electron chi connectivity index (χ4n) is 2.93. The fraction of sp³-hybridized carbons (Fsp3) is 0.600. The number of nitrogens with one attached hydrogen (secondary N) is 1. The molecule has 3 rings (SSSR count). The summed E-state index contributed by atoms with van der Waals surface area (Å²) in [6, 6.07) is 3.68. The van der Waals surface area contributed by atoms with Gasteiger partial charge in [-0.25, -0.2) is 0 Å². The van der Waals surface area contributed by atoms with E-state index in [1.165, 1.54) is 19.3 Å². The molecule has 1 aliphatic carbocycles. The van der Waals surface area contributed by atoms with Crippen LogP contribution in [0.2, 0.25) is 10.0 Å². The summed E-state index contributed by atoms with van der Waals surface area (Å²) in [4.78, 5) is 0. The van der Waals surface area contributed by atoms with Crippen LogP contribution >= 0.6 is 23.2 Å². The highest BCUT2D eigenvalue weighted by Gasteiger charge is 2.39. The lowest BCUT2D eigenvalue weighted by molar-refractivity contribution is 0.120. The van der Waals surface area contributed by atoms with Crippen molar-refractivity contribution in [3.8, 4) is 5.75 Å². The standard InChI is InChI=1S/C15H19Cl2NO/c1-9-6-12(16)7-13(17)14(9)19-15(10-2-3-10)11-4-5-18-8-11/h6-7,10-11,15,18H,2-5,8H2,1H3/t11-,15+/m0/s1. The van der Waals surface area contributed by atoms with Crippen LogP contribution in [-0.4, -0.2) is 19.2 Å². The van der Waals surface area contributed by atoms with Crippen molar-refractivity contribution in [2.45, 2.75) is 32.3 Å². The van der Waals surface area contributed by atoms with Gasteiger partial charge in [-0.15, -0.1) is 0 Å². The first-order chi connectivity index (χ1) is 9.15. The summed E-state index contributed by atoms with van der Waals surface area (Å²) in [5, 5.41) is 4.72. The van der Waals surface area contributed by atoms with E-state index in [1.54, 1.807) is 6.07 Å². The van der Waals surface area contributed by atoms with Crippen LogP contribution in [0.15, 0.2) is 12.1 Å². The van der Waals surface area contributed by atoms with Gasteiger partial charge in [0.05, 0.1) is 5.02 Å². The lowest BCUT2D eigenvalue weighted by atomic mass is 9.97. The first-order valence-electron chi connectivity index (χ1n) is 6.98. The summed E-state index contributed by atoms with van der Waals surface area (Å²) in [7, 11) is 0. The molecule has 1 aromatic carbocycles. The van der Waals surface area contributed by atoms with Crippen molar-refractivity contribution in [1.82, 2.24) is 5.32 Å². The van der Waals surface area contributed by atoms with Crippen LogP contribution in [0.3, 0.4) is 0 Å². The Hall–Kier alpha value is -0.440. The van der Waals surface area contributed by atoms with E-state index in [1.807, 2.05) is 13.0 Å². The minimum absolute atomic E-state index is 0.298. The zero-order valence-corrected chi connectivity index (χ0v) is 12.6. The first kappa shape index (κ1) is 13.5. The van der Waals surface area contributed by atoms with Crippen LogP contribution in [0, 0.1) is 18.8 Å². The molecule has 1 saturated carbocycles. The Labute approximate surface area is 124 Å². The van der Waals surface area contributed by atoms with Gasteiger partial charge in [-0.05, 0) is 56.3 Å². The van der Waals surface area contributed by atoms with Crippen LogP contribution in [0.4, 0.5) is 0 Å². The molecule has 0 aromatic heterocycles. The smallest absolute Gasteiger partial charge is 0.141 e. The Morgan fingerprint density at radius 3 is 2.58 bits per heavy atom. The van der Waals surface area contributed by atoms with Gasteiger partial charge in [-0.3, -0.25) is 0 Å². The highest BCUT2D eigenvalue weighted by Crippen LogP contribution is 2.42. The van der Waals surface area contributed by atoms with Crippen molar-refractivity contribution in [2.75, 3.05) is 13.1 Å². The van der Waals surface area contributed by atoms with Crippen molar-refractivity contribution >= 4 is 23.2 Å². The average Bonchev–Trinajstić information content (AvgIpc) is 3.03. The monoisotopic (exact) mass is 299 g/mol. The Morgan fingerprint density at radius 1 is 1.21 bits per heavy atom. The van der Waals surface area contributed by atoms with Gasteiger partial charge < -0.3 is 10.1 Å². The zero-order chi connectivity index (χ0) is 13.4. The van der Waals surface area contributed by atoms with E-state index in [9.17, 15) is 0 Å². The van der Waals surface area contributed by atoms with Gasteiger partial charge >= 0.3 is 0 Å². The Balaban J connectivity index is 1.81. The molecule has 2 nitrogen and oxygen atoms in total. The van der Waals surface area contributed by atoms with Crippen LogP contribution in [-0.2, 0) is 0 Å². The molecule has 19 heavy (non-hydrogen) atoms. The molecule has 1 saturated heterocycles. The molecule has 1 aliphatic heterocycles. The summed E-state index contributed by atoms with van der Waals surface area (Å²) >= 11 is 12.3. The molecule has 1 heterocycles. The average molecular weight is 300 g/mol. The number of ether oxygens (including phenoxy) is 1. The summed E-state index contributed by atoms with van der Waals surface area (Å²) in [6.07, 6.45) is 4.06. The highest BCUT2D eigenvalue weighted by atomic mass is 35.5. The van der Waals surface area contributed by atoms with Crippen molar-refractivity contribution < 1.29 is 4.74 Å². The normalized spacial score (nSPS) is 24.5. The molecule has 4 heteroatoms. The Bertz CT molecular complexity index is 444. The largest absolute Gasteiger partial charge is 0.488 e. The van der Waals surface area contributed by atoms with E-state index in [0.717, 1.165) is 24.4 Å². The van der Waals surface area contributed by atoms with Crippen LogP contribution < -0.4 is 10.1 Å². The Kier molecular flexibility index (Phi) is 3.93. The van der Waals surface area contributed by atoms with Crippen molar-refractivity contribution in [3.63, 3.8) is 0 Å². The predicted octanol–water partition coefficient (Wildman–Crippen LogP) is 4.07. The maximum atomic E-state index is 6.31. The number of benzene rings is 1. The van der Waals surface area contributed by atoms with Gasteiger partial charge in [0.25, 0.3) is 0 Å². The number of hydrogen-bond donors (Lipinski definition) is 1. The SMILES string of the molecule is Cc1cc(Cl)cc(Cl)c1O[C@H](C1CC1)[C@H]1CCNC1. The third kappa shape index (κ3) is 3.01. The molecule has 0 spiro atoms. The summed E-state index contributed by atoms with van der Waals surface area (Å²) in [6.45, 7) is 4.17. The van der Waals surface area contributed by atoms with Gasteiger partial charge in [0.1, 0.15) is 11.9 Å². The van der Waals surface area contributed by atoms with Gasteiger partial charge in [-0.2, -0.15) is 0 Å². The predicted molar refractivity (Wildman–Crippen MR) is 79.3 cm³/mol. The van der Waals surface area contributed by atoms with E-state index in [2.05, 4.69) is 5.32 Å². The van der Waals surface area contributed by atoms with E-state index in [0.29, 0.717) is 28.0 Å². The maximum Gasteiger partial charge on any atom is 0.141 e. The molecule has 1 aromatic rings. The molecular weight excluding hydrogens is 281 g/mol. The molecule has 2 fully saturated rings. The van der Waals surface area contributed by atoms with E-state index in [-0.39, 0.29) is 0 Å². The van der Waals surface area contributed by atoms with E-state index < -0.39 is 0 Å². The third-order valence-electron chi connectivity index (χ3n) is 4.10. The zero-order valence-electron chi connectivity index (χ0n) is 11.1. The molecule has 104 valence electrons. The summed E-state index contributed by atoms with van der Waals surface area (Å²) in [5.41, 5.74) is 1.02. The molecule has 0 unspecified atom stereocenters. The lowest BCUT2D eigenvalue weighted by Crippen LogP contribution is -2.31. The maximum absolute atomic E-state index is 6.31. The van der Waals surface area contributed by atoms with Gasteiger partial charge in [-0.1, -0.05) is 23.2 Å². The molecule has 2 atom stereocenters. The molecule has 0 amide bonds. The van der Waals surface area contributed by atoms with E-state index >= 15 is 0 Å². The second-order valence-corrected chi connectivity index (χ2v) is 6.55. The van der Waals surface area contributed by atoms with Crippen LogP contribution in [0.1, 0.15) is 24.8 Å². The van der Waals surface area contributed by atoms with Gasteiger partial charge in [0.15, 0.2) is 0 Å². The van der Waals surface area contributed by atoms with Crippen molar-refractivity contribution in [1.29, 1.82) is 0 Å². The number of aryl methyl sites for hydroxylation is 1. The molecule has 0 radical (unpaired) electrons. The molecule has 1 N–H and O–H groups in total. The molecular formula is C15H19Cl2NO. The minimum Gasteiger partial charge on any atom is -0.488 e. The Morgan fingerprint density at radius 2 is 2.00 bits per heavy atom. The lowest BCUT2D eigenvalue weighted by Gasteiger charge is -2.26. The molecule has 0 bridgehead atoms. The quantitative estimate of drug-likeness (QED) is 0.905. The van der Waals surface area contributed by atoms with Gasteiger partial charge in [0.2, 0.25) is 0 Å². The molecule has 2 aliphatic rings. The summed E-state index contributed by atoms with van der Waals surface area (Å²) < 4.78 is 6.31. The topological polar surface area (TPSA) is 21.3 Å². The summed E-state index contributed by atoms with van der Waals surface area (Å²) in [5.74, 6) is 2.13. The third-order valence-corrected chi connectivity index (χ3v) is 4.60. The number of halogens is 2. The second-order valence-electron chi connectivity index (χ2n) is 5.71. The van der Waals surface area contributed by atoms with Crippen molar-refractivity contribution in [3.05, 3.63) is 27.7 Å². The van der Waals surface area contributed by atoms with Crippen molar-refractivity contribution in [2.24, 2.45) is 11.8 Å². The van der Waals surface area contributed by atoms with Gasteiger partial charge in [0, 0.05) is 17.5 Å². The van der Waals surface area contributed by atoms with Crippen LogP contribution in [0.25, 0.3) is 0 Å². The van der Waals surface area contributed by atoms with E-state index in [4.69, 9.17) is 27.9 Å². The first-order valence-corrected chi connectivity index (χ1v) is 7.74. The number of hydrogen-bond acceptors (Lipinski definition) is 2. The fourth-order valence-corrected chi connectivity index (χ4v) is 3.57. The number of rotatable bonds is 4. The second kappa shape index (κ2) is 5.51. The van der Waals surface area contributed by atoms with Crippen LogP contribution in [0.5, 0.6) is 5.75 Å².